The van der Waals surface area contributed by atoms with Gasteiger partial charge >= 0.3 is 0 Å². The zero-order chi connectivity index (χ0) is 23.5. The van der Waals surface area contributed by atoms with E-state index < -0.39 is 0 Å². The number of halogens is 1. The molecule has 0 saturated heterocycles. The number of amides is 1. The van der Waals surface area contributed by atoms with Crippen molar-refractivity contribution < 1.29 is 9.53 Å². The van der Waals surface area contributed by atoms with Gasteiger partial charge in [0, 0.05) is 32.7 Å². The third-order valence-corrected chi connectivity index (χ3v) is 4.97. The minimum Gasteiger partial charge on any atom is -0.489 e. The van der Waals surface area contributed by atoms with Gasteiger partial charge in [0.15, 0.2) is 5.96 Å². The summed E-state index contributed by atoms with van der Waals surface area (Å²) >= 11 is 0. The van der Waals surface area contributed by atoms with E-state index in [-0.39, 0.29) is 29.9 Å². The highest BCUT2D eigenvalue weighted by molar-refractivity contribution is 14.0. The van der Waals surface area contributed by atoms with E-state index in [9.17, 15) is 4.79 Å². The summed E-state index contributed by atoms with van der Waals surface area (Å²) in [6.07, 6.45) is 0. The number of carbonyl (C=O) groups is 1. The number of benzene rings is 3. The van der Waals surface area contributed by atoms with Crippen molar-refractivity contribution in [1.29, 1.82) is 0 Å². The number of rotatable bonds is 9. The normalized spacial score (nSPS) is 10.7. The van der Waals surface area contributed by atoms with Crippen molar-refractivity contribution in [3.05, 3.63) is 101 Å². The van der Waals surface area contributed by atoms with Crippen LogP contribution in [0, 0.1) is 0 Å². The zero-order valence-corrected chi connectivity index (χ0v) is 22.3. The molecule has 2 N–H and O–H groups in total. The molecule has 0 spiro atoms. The summed E-state index contributed by atoms with van der Waals surface area (Å²) in [6, 6.07) is 25.7. The summed E-state index contributed by atoms with van der Waals surface area (Å²) in [4.78, 5) is 18.3. The van der Waals surface area contributed by atoms with E-state index in [0.717, 1.165) is 34.9 Å². The molecule has 3 rings (SSSR count). The van der Waals surface area contributed by atoms with Crippen LogP contribution in [-0.4, -0.2) is 37.4 Å². The van der Waals surface area contributed by atoms with Crippen LogP contribution in [0.25, 0.3) is 0 Å². The molecule has 0 aliphatic carbocycles. The average Bonchev–Trinajstić information content (AvgIpc) is 2.85. The van der Waals surface area contributed by atoms with Crippen LogP contribution in [-0.2, 0) is 19.7 Å². The maximum atomic E-state index is 12.0. The molecule has 0 aliphatic heterocycles. The molecule has 6 nitrogen and oxygen atoms in total. The summed E-state index contributed by atoms with van der Waals surface area (Å²) < 4.78 is 5.85. The highest BCUT2D eigenvalue weighted by atomic mass is 127. The van der Waals surface area contributed by atoms with Crippen LogP contribution in [0.5, 0.6) is 5.75 Å². The number of nitrogens with one attached hydrogen (secondary N) is 2. The molecule has 0 atom stereocenters. The molecule has 0 aromatic heterocycles. The number of para-hydroxylation sites is 1. The van der Waals surface area contributed by atoms with Crippen LogP contribution in [0.2, 0.25) is 0 Å². The first-order valence-corrected chi connectivity index (χ1v) is 11.1. The van der Waals surface area contributed by atoms with Gasteiger partial charge in [-0.2, -0.15) is 0 Å². The third-order valence-electron chi connectivity index (χ3n) is 4.97. The fourth-order valence-electron chi connectivity index (χ4n) is 3.22. The Morgan fingerprint density at radius 2 is 1.59 bits per heavy atom. The predicted molar refractivity (Wildman–Crippen MR) is 149 cm³/mol. The van der Waals surface area contributed by atoms with Crippen molar-refractivity contribution in [1.82, 2.24) is 15.5 Å². The third kappa shape index (κ3) is 8.70. The van der Waals surface area contributed by atoms with E-state index in [4.69, 9.17) is 9.73 Å². The largest absolute Gasteiger partial charge is 0.489 e. The van der Waals surface area contributed by atoms with Gasteiger partial charge in [0.1, 0.15) is 12.4 Å². The molecule has 0 radical (unpaired) electrons. The van der Waals surface area contributed by atoms with Gasteiger partial charge in [0.2, 0.25) is 0 Å². The lowest BCUT2D eigenvalue weighted by Crippen LogP contribution is -2.36. The predicted octanol–water partition coefficient (Wildman–Crippen LogP) is 4.84. The standard InChI is InChI=1S/C27H32N4O2.HI/c1-4-28-27(29-18-21-13-15-24(16-14-21)26(32)31(2)3)30-19-22-9-8-10-23(17-22)20-33-25-11-6-5-7-12-25;/h5-17H,4,18-20H2,1-3H3,(H2,28,29,30);1H. The van der Waals surface area contributed by atoms with Gasteiger partial charge < -0.3 is 20.3 Å². The Bertz CT molecular complexity index is 1050. The first kappa shape index (κ1) is 27.2. The summed E-state index contributed by atoms with van der Waals surface area (Å²) in [5.41, 5.74) is 3.99. The van der Waals surface area contributed by atoms with Crippen molar-refractivity contribution in [2.24, 2.45) is 4.99 Å². The molecule has 0 fully saturated rings. The molecule has 180 valence electrons. The number of aliphatic imine (C=N–C) groups is 1. The van der Waals surface area contributed by atoms with Gasteiger partial charge in [-0.1, -0.05) is 54.6 Å². The van der Waals surface area contributed by atoms with Crippen LogP contribution in [0.1, 0.15) is 34.0 Å². The SMILES string of the molecule is CCNC(=NCc1cccc(COc2ccccc2)c1)NCc1ccc(C(=O)N(C)C)cc1.I. The van der Waals surface area contributed by atoms with E-state index in [1.807, 2.05) is 67.6 Å². The molecule has 1 amide bonds. The Morgan fingerprint density at radius 3 is 2.26 bits per heavy atom. The van der Waals surface area contributed by atoms with Gasteiger partial charge in [0.25, 0.3) is 5.91 Å². The molecule has 0 aliphatic rings. The Kier molecular flexibility index (Phi) is 11.4. The van der Waals surface area contributed by atoms with E-state index >= 15 is 0 Å². The van der Waals surface area contributed by atoms with Gasteiger partial charge in [-0.3, -0.25) is 4.79 Å². The summed E-state index contributed by atoms with van der Waals surface area (Å²) in [5.74, 6) is 1.61. The molecule has 0 heterocycles. The maximum Gasteiger partial charge on any atom is 0.253 e. The number of hydrogen-bond donors (Lipinski definition) is 2. The molecule has 3 aromatic carbocycles. The monoisotopic (exact) mass is 572 g/mol. The number of nitrogens with zero attached hydrogens (tertiary/aromatic N) is 2. The topological polar surface area (TPSA) is 66.0 Å². The Morgan fingerprint density at radius 1 is 0.882 bits per heavy atom. The van der Waals surface area contributed by atoms with Gasteiger partial charge in [0.05, 0.1) is 6.54 Å². The highest BCUT2D eigenvalue weighted by Gasteiger charge is 2.07. The number of guanidine groups is 1. The molecule has 3 aromatic rings. The minimum absolute atomic E-state index is 0. The smallest absolute Gasteiger partial charge is 0.253 e. The van der Waals surface area contributed by atoms with E-state index in [1.54, 1.807) is 19.0 Å². The zero-order valence-electron chi connectivity index (χ0n) is 20.0. The van der Waals surface area contributed by atoms with Crippen molar-refractivity contribution in [2.75, 3.05) is 20.6 Å². The summed E-state index contributed by atoms with van der Waals surface area (Å²) in [7, 11) is 3.51. The van der Waals surface area contributed by atoms with E-state index in [2.05, 4.69) is 28.8 Å². The number of ether oxygens (including phenoxy) is 1. The Hall–Kier alpha value is -3.07. The lowest BCUT2D eigenvalue weighted by molar-refractivity contribution is 0.0827. The Balaban J connectivity index is 0.00000408. The molecule has 0 unspecified atom stereocenters. The summed E-state index contributed by atoms with van der Waals surface area (Å²) in [6.45, 7) is 4.51. The Labute approximate surface area is 219 Å². The van der Waals surface area contributed by atoms with E-state index in [1.165, 1.54) is 0 Å². The highest BCUT2D eigenvalue weighted by Crippen LogP contribution is 2.13. The average molecular weight is 572 g/mol. The van der Waals surface area contributed by atoms with Crippen molar-refractivity contribution in [2.45, 2.75) is 26.6 Å². The lowest BCUT2D eigenvalue weighted by Gasteiger charge is -2.13. The van der Waals surface area contributed by atoms with E-state index in [0.29, 0.717) is 25.3 Å². The van der Waals surface area contributed by atoms with Crippen molar-refractivity contribution >= 4 is 35.8 Å². The molecular weight excluding hydrogens is 539 g/mol. The van der Waals surface area contributed by atoms with Gasteiger partial charge in [-0.25, -0.2) is 4.99 Å². The number of hydrogen-bond acceptors (Lipinski definition) is 3. The van der Waals surface area contributed by atoms with Gasteiger partial charge in [-0.05, 0) is 47.9 Å². The van der Waals surface area contributed by atoms with Crippen LogP contribution in [0.15, 0.2) is 83.9 Å². The fourth-order valence-corrected chi connectivity index (χ4v) is 3.22. The maximum absolute atomic E-state index is 12.0. The lowest BCUT2D eigenvalue weighted by atomic mass is 10.1. The minimum atomic E-state index is 0. The van der Waals surface area contributed by atoms with Crippen LogP contribution in [0.3, 0.4) is 0 Å². The second-order valence-electron chi connectivity index (χ2n) is 7.87. The second kappa shape index (κ2) is 14.2. The quantitative estimate of drug-likeness (QED) is 0.219. The number of carbonyl (C=O) groups excluding carboxylic acids is 1. The van der Waals surface area contributed by atoms with Crippen molar-refractivity contribution in [3.63, 3.8) is 0 Å². The molecular formula is C27H33IN4O2. The fraction of sp³-hybridized carbons (Fsp3) is 0.259. The first-order valence-electron chi connectivity index (χ1n) is 11.1. The van der Waals surface area contributed by atoms with Crippen molar-refractivity contribution in [3.8, 4) is 5.75 Å². The second-order valence-corrected chi connectivity index (χ2v) is 7.87. The van der Waals surface area contributed by atoms with Crippen LogP contribution in [0.4, 0.5) is 0 Å². The molecule has 34 heavy (non-hydrogen) atoms. The van der Waals surface area contributed by atoms with Gasteiger partial charge in [-0.15, -0.1) is 24.0 Å². The molecule has 7 heteroatoms. The molecule has 0 saturated carbocycles. The van der Waals surface area contributed by atoms with Crippen LogP contribution < -0.4 is 15.4 Å². The summed E-state index contributed by atoms with van der Waals surface area (Å²) in [5, 5.41) is 6.64. The molecule has 0 bridgehead atoms. The first-order chi connectivity index (χ1) is 16.0. The van der Waals surface area contributed by atoms with Crippen LogP contribution >= 0.6 is 24.0 Å².